The van der Waals surface area contributed by atoms with Crippen LogP contribution < -0.4 is 25.8 Å². The lowest BCUT2D eigenvalue weighted by Gasteiger charge is -2.28. The summed E-state index contributed by atoms with van der Waals surface area (Å²) in [6.45, 7) is 11.7. The Hall–Kier alpha value is -5.05. The van der Waals surface area contributed by atoms with E-state index in [0.717, 1.165) is 11.1 Å². The summed E-state index contributed by atoms with van der Waals surface area (Å²) in [4.78, 5) is 78.0. The summed E-state index contributed by atoms with van der Waals surface area (Å²) in [5, 5.41) is 5.73. The van der Waals surface area contributed by atoms with Crippen LogP contribution in [-0.4, -0.2) is 67.3 Å². The van der Waals surface area contributed by atoms with Crippen molar-refractivity contribution in [3.63, 3.8) is 0 Å². The highest BCUT2D eigenvalue weighted by Crippen LogP contribution is 2.50. The molecule has 4 rings (SSSR count). The molecule has 310 valence electrons. The van der Waals surface area contributed by atoms with Crippen LogP contribution >= 0.6 is 7.82 Å². The van der Waals surface area contributed by atoms with E-state index in [-0.39, 0.29) is 24.1 Å². The average Bonchev–Trinajstić information content (AvgIpc) is 3.46. The molecule has 17 heteroatoms. The van der Waals surface area contributed by atoms with E-state index in [0.29, 0.717) is 42.5 Å². The fourth-order valence-electron chi connectivity index (χ4n) is 5.96. The van der Waals surface area contributed by atoms with Gasteiger partial charge >= 0.3 is 19.8 Å². The van der Waals surface area contributed by atoms with E-state index < -0.39 is 74.0 Å². The van der Waals surface area contributed by atoms with E-state index in [2.05, 4.69) is 10.6 Å². The van der Waals surface area contributed by atoms with Crippen LogP contribution in [0.5, 0.6) is 5.75 Å². The Bertz CT molecular complexity index is 1900. The molecule has 0 spiro atoms. The third-order valence-corrected chi connectivity index (χ3v) is 10.4. The summed E-state index contributed by atoms with van der Waals surface area (Å²) in [5.74, 6) is -2.99. The minimum absolute atomic E-state index is 0.0260. The van der Waals surface area contributed by atoms with Crippen molar-refractivity contribution in [3.8, 4) is 5.75 Å². The van der Waals surface area contributed by atoms with Crippen molar-refractivity contribution >= 4 is 54.7 Å². The Morgan fingerprint density at radius 1 is 0.930 bits per heavy atom. The largest absolute Gasteiger partial charge is 0.535 e. The number of hydrogen-bond acceptors (Lipinski definition) is 12. The lowest BCUT2D eigenvalue weighted by Crippen LogP contribution is -2.55. The van der Waals surface area contributed by atoms with Crippen molar-refractivity contribution in [2.75, 3.05) is 18.5 Å². The zero-order valence-corrected chi connectivity index (χ0v) is 34.6. The number of ether oxygens (including phenoxy) is 2. The molecular weight excluding hydrogens is 759 g/mol. The predicted molar refractivity (Wildman–Crippen MR) is 209 cm³/mol. The molecule has 0 radical (unpaired) electrons. The zero-order valence-electron chi connectivity index (χ0n) is 33.7. The zero-order chi connectivity index (χ0) is 42.3. The van der Waals surface area contributed by atoms with E-state index in [1.54, 1.807) is 67.5 Å². The van der Waals surface area contributed by atoms with Crippen LogP contribution in [-0.2, 0) is 64.7 Å². The number of nitrogens with one attached hydrogen (secondary N) is 2. The summed E-state index contributed by atoms with van der Waals surface area (Å²) in [7, 11) is -4.51. The van der Waals surface area contributed by atoms with Crippen molar-refractivity contribution in [1.82, 2.24) is 10.6 Å². The van der Waals surface area contributed by atoms with Gasteiger partial charge in [0.1, 0.15) is 17.8 Å². The first-order chi connectivity index (χ1) is 26.6. The number of phosphoric ester groups is 1. The van der Waals surface area contributed by atoms with E-state index in [9.17, 15) is 33.3 Å². The highest BCUT2D eigenvalue weighted by Gasteiger charge is 2.44. The van der Waals surface area contributed by atoms with Gasteiger partial charge in [0.2, 0.25) is 37.2 Å². The molecule has 0 aliphatic carbocycles. The molecular formula is C40H53N4O12P. The molecule has 57 heavy (non-hydrogen) atoms. The van der Waals surface area contributed by atoms with Gasteiger partial charge in [-0.25, -0.2) is 13.6 Å². The van der Waals surface area contributed by atoms with Gasteiger partial charge in [0.05, 0.1) is 16.5 Å². The molecule has 4 N–H and O–H groups in total. The maximum atomic E-state index is 14.1. The highest BCUT2D eigenvalue weighted by atomic mass is 31.2. The van der Waals surface area contributed by atoms with Crippen molar-refractivity contribution < 1.29 is 56.4 Å². The second-order valence-electron chi connectivity index (χ2n) is 16.1. The van der Waals surface area contributed by atoms with Crippen LogP contribution in [0.25, 0.3) is 5.57 Å². The first kappa shape index (κ1) is 44.7. The first-order valence-corrected chi connectivity index (χ1v) is 20.1. The number of rotatable bonds is 16. The number of hydrogen-bond donors (Lipinski definition) is 3. The summed E-state index contributed by atoms with van der Waals surface area (Å²) >= 11 is 0. The van der Waals surface area contributed by atoms with Gasteiger partial charge in [-0.2, -0.15) is 0 Å². The van der Waals surface area contributed by atoms with Crippen LogP contribution in [0.2, 0.25) is 0 Å². The molecule has 0 fully saturated rings. The van der Waals surface area contributed by atoms with E-state index >= 15 is 0 Å². The molecule has 2 heterocycles. The number of benzene rings is 2. The number of carbonyl (C=O) groups is 6. The summed E-state index contributed by atoms with van der Waals surface area (Å²) in [6.07, 6.45) is 2.93. The average molecular weight is 813 g/mol. The number of amides is 4. The Kier molecular flexibility index (Phi) is 14.5. The van der Waals surface area contributed by atoms with Gasteiger partial charge in [0.15, 0.2) is 0 Å². The molecule has 4 amide bonds. The highest BCUT2D eigenvalue weighted by molar-refractivity contribution is 7.48. The Morgan fingerprint density at radius 3 is 2.07 bits per heavy atom. The quantitative estimate of drug-likeness (QED) is 0.0896. The molecule has 2 unspecified atom stereocenters. The number of nitrogens with two attached hydrogens (primary N) is 1. The van der Waals surface area contributed by atoms with Crippen LogP contribution in [0, 0.1) is 10.8 Å². The third kappa shape index (κ3) is 12.2. The number of primary amides is 1. The van der Waals surface area contributed by atoms with Crippen LogP contribution in [0.15, 0.2) is 48.5 Å². The Morgan fingerprint density at radius 2 is 1.51 bits per heavy atom. The number of anilines is 1. The monoisotopic (exact) mass is 812 g/mol. The van der Waals surface area contributed by atoms with Crippen LogP contribution in [0.3, 0.4) is 0 Å². The maximum absolute atomic E-state index is 14.1. The second-order valence-corrected chi connectivity index (χ2v) is 17.7. The minimum Gasteiger partial charge on any atom is -0.437 e. The Balaban J connectivity index is 1.44. The number of carbonyl (C=O) groups excluding carboxylic acids is 6. The third-order valence-electron chi connectivity index (χ3n) is 9.14. The number of nitrogens with zero attached hydrogens (tertiary/aromatic N) is 1. The first-order valence-electron chi connectivity index (χ1n) is 18.6. The fourth-order valence-corrected chi connectivity index (χ4v) is 6.88. The molecule has 2 aliphatic heterocycles. The molecule has 2 aromatic rings. The van der Waals surface area contributed by atoms with E-state index in [4.69, 9.17) is 28.8 Å². The molecule has 16 nitrogen and oxygen atoms in total. The van der Waals surface area contributed by atoms with E-state index in [1.165, 1.54) is 23.1 Å². The number of esters is 2. The SMILES string of the molecule is C/C(=C\C(=O)N[C@H]1CCc2cccc3c2N(C1=O)C(C(=O)NC(C)CCC(N)=O)C3)c1ccc(OP(=O)(OCOC(=O)C(C)(C)C)OCOC(=O)C(C)(C)C)cc1. The minimum atomic E-state index is -4.51. The Labute approximate surface area is 332 Å². The maximum Gasteiger partial charge on any atom is 0.535 e. The lowest BCUT2D eigenvalue weighted by atomic mass is 9.98. The number of phosphoric acid groups is 1. The van der Waals surface area contributed by atoms with Crippen molar-refractivity contribution in [2.24, 2.45) is 16.6 Å². The summed E-state index contributed by atoms with van der Waals surface area (Å²) in [5.41, 5.74) is 7.11. The van der Waals surface area contributed by atoms with Gasteiger partial charge in [-0.1, -0.05) is 30.3 Å². The fraction of sp³-hybridized carbons (Fsp3) is 0.500. The predicted octanol–water partition coefficient (Wildman–Crippen LogP) is 4.86. The molecule has 2 aliphatic rings. The van der Waals surface area contributed by atoms with E-state index in [1.807, 2.05) is 18.2 Å². The van der Waals surface area contributed by atoms with Crippen LogP contribution in [0.1, 0.15) is 91.3 Å². The number of aryl methyl sites for hydroxylation is 1. The molecule has 0 bridgehead atoms. The molecule has 2 aromatic carbocycles. The summed E-state index contributed by atoms with van der Waals surface area (Å²) in [6, 6.07) is 9.67. The lowest BCUT2D eigenvalue weighted by molar-refractivity contribution is -0.163. The number of allylic oxidation sites excluding steroid dienone is 1. The standard InChI is InChI=1S/C40H53N4O12P/c1-24(26-13-16-29(17-14-26)56-57(51,54-22-52-37(49)39(3,4)5)55-23-53-38(50)40(6,7)8)20-33(46)43-30-18-15-27-10-9-11-28-21-31(44(34(27)28)36(30)48)35(47)42-25(2)12-19-32(41)45/h9-11,13-14,16-17,20,25,30-31H,12,15,18-19,21-23H2,1-8H3,(H2,41,45)(H,42,47)(H,43,46)/b24-20+/t25?,30-,31?/m0/s1. The van der Waals surface area contributed by atoms with Gasteiger partial charge in [-0.15, -0.1) is 0 Å². The van der Waals surface area contributed by atoms with Gasteiger partial charge in [-0.3, -0.25) is 33.7 Å². The van der Waals surface area contributed by atoms with Crippen molar-refractivity contribution in [3.05, 3.63) is 65.2 Å². The molecule has 0 saturated carbocycles. The van der Waals surface area contributed by atoms with Crippen LogP contribution in [0.4, 0.5) is 5.69 Å². The summed E-state index contributed by atoms with van der Waals surface area (Å²) < 4.78 is 39.6. The van der Waals surface area contributed by atoms with Crippen molar-refractivity contribution in [2.45, 2.75) is 106 Å². The second kappa shape index (κ2) is 18.5. The smallest absolute Gasteiger partial charge is 0.437 e. The topological polar surface area (TPSA) is 219 Å². The number of para-hydroxylation sites is 1. The van der Waals surface area contributed by atoms with Crippen molar-refractivity contribution in [1.29, 1.82) is 0 Å². The van der Waals surface area contributed by atoms with Gasteiger partial charge in [0, 0.05) is 25.0 Å². The van der Waals surface area contributed by atoms with Gasteiger partial charge < -0.3 is 30.4 Å². The molecule has 0 saturated heterocycles. The molecule has 3 atom stereocenters. The van der Waals surface area contributed by atoms with Gasteiger partial charge in [-0.05, 0) is 109 Å². The normalized spacial score (nSPS) is 17.5. The van der Waals surface area contributed by atoms with Gasteiger partial charge in [0.25, 0.3) is 0 Å². The molecule has 0 aromatic heterocycles.